The van der Waals surface area contributed by atoms with Crippen molar-refractivity contribution in [2.75, 3.05) is 13.2 Å². The molecule has 0 aromatic heterocycles. The van der Waals surface area contributed by atoms with Gasteiger partial charge in [-0.3, -0.25) is 9.69 Å². The van der Waals surface area contributed by atoms with Gasteiger partial charge in [-0.2, -0.15) is 0 Å². The SMILES string of the molecule is NC(=O)c1ccc(F)c(CN(CCO)C2CCC2)c1. The number of benzene rings is 1. The van der Waals surface area contributed by atoms with E-state index in [9.17, 15) is 9.18 Å². The fourth-order valence-electron chi connectivity index (χ4n) is 2.34. The van der Waals surface area contributed by atoms with E-state index < -0.39 is 5.91 Å². The lowest BCUT2D eigenvalue weighted by Crippen LogP contribution is -2.41. The van der Waals surface area contributed by atoms with Crippen molar-refractivity contribution in [1.29, 1.82) is 0 Å². The molecule has 0 spiro atoms. The van der Waals surface area contributed by atoms with Crippen LogP contribution < -0.4 is 5.73 Å². The normalized spacial score (nSPS) is 15.5. The Bertz CT molecular complexity index is 461. The molecule has 1 fully saturated rings. The minimum Gasteiger partial charge on any atom is -0.395 e. The Kier molecular flexibility index (Phi) is 4.50. The van der Waals surface area contributed by atoms with Gasteiger partial charge in [0.25, 0.3) is 0 Å². The van der Waals surface area contributed by atoms with Crippen molar-refractivity contribution in [3.05, 3.63) is 35.1 Å². The van der Waals surface area contributed by atoms with Gasteiger partial charge in [0.15, 0.2) is 0 Å². The van der Waals surface area contributed by atoms with Crippen molar-refractivity contribution in [2.24, 2.45) is 5.73 Å². The number of carbonyl (C=O) groups excluding carboxylic acids is 1. The third-order valence-electron chi connectivity index (χ3n) is 3.68. The van der Waals surface area contributed by atoms with Crippen LogP contribution in [-0.4, -0.2) is 35.1 Å². The zero-order valence-electron chi connectivity index (χ0n) is 10.8. The van der Waals surface area contributed by atoms with Crippen molar-refractivity contribution < 1.29 is 14.3 Å². The van der Waals surface area contributed by atoms with Gasteiger partial charge in [-0.15, -0.1) is 0 Å². The van der Waals surface area contributed by atoms with Crippen LogP contribution in [0.5, 0.6) is 0 Å². The van der Waals surface area contributed by atoms with Gasteiger partial charge in [-0.25, -0.2) is 4.39 Å². The van der Waals surface area contributed by atoms with Crippen LogP contribution in [-0.2, 0) is 6.54 Å². The molecule has 5 heteroatoms. The average molecular weight is 266 g/mol. The number of aliphatic hydroxyl groups is 1. The summed E-state index contributed by atoms with van der Waals surface area (Å²) >= 11 is 0. The van der Waals surface area contributed by atoms with Crippen LogP contribution in [0.2, 0.25) is 0 Å². The van der Waals surface area contributed by atoms with Gasteiger partial charge in [-0.05, 0) is 31.0 Å². The lowest BCUT2D eigenvalue weighted by atomic mass is 9.91. The molecule has 1 saturated carbocycles. The quantitative estimate of drug-likeness (QED) is 0.815. The maximum absolute atomic E-state index is 13.8. The molecule has 3 N–H and O–H groups in total. The van der Waals surface area contributed by atoms with Crippen LogP contribution in [0.1, 0.15) is 35.2 Å². The summed E-state index contributed by atoms with van der Waals surface area (Å²) in [7, 11) is 0. The molecule has 1 amide bonds. The van der Waals surface area contributed by atoms with Gasteiger partial charge < -0.3 is 10.8 Å². The summed E-state index contributed by atoms with van der Waals surface area (Å²) in [5.41, 5.74) is 5.97. The largest absolute Gasteiger partial charge is 0.395 e. The molecule has 0 aliphatic heterocycles. The highest BCUT2D eigenvalue weighted by Gasteiger charge is 2.25. The molecule has 0 heterocycles. The van der Waals surface area contributed by atoms with Crippen LogP contribution in [0, 0.1) is 5.82 Å². The molecule has 0 saturated heterocycles. The average Bonchev–Trinajstić information content (AvgIpc) is 2.29. The second kappa shape index (κ2) is 6.12. The van der Waals surface area contributed by atoms with E-state index in [2.05, 4.69) is 4.90 Å². The highest BCUT2D eigenvalue weighted by Crippen LogP contribution is 2.26. The van der Waals surface area contributed by atoms with E-state index in [1.165, 1.54) is 24.6 Å². The highest BCUT2D eigenvalue weighted by molar-refractivity contribution is 5.92. The third-order valence-corrected chi connectivity index (χ3v) is 3.68. The molecule has 1 aromatic carbocycles. The second-order valence-corrected chi connectivity index (χ2v) is 4.95. The monoisotopic (exact) mass is 266 g/mol. The van der Waals surface area contributed by atoms with Gasteiger partial charge in [0.2, 0.25) is 5.91 Å². The molecule has 4 nitrogen and oxygen atoms in total. The Morgan fingerprint density at radius 3 is 2.74 bits per heavy atom. The van der Waals surface area contributed by atoms with Crippen molar-refractivity contribution >= 4 is 5.91 Å². The van der Waals surface area contributed by atoms with Gasteiger partial charge in [0.1, 0.15) is 5.82 Å². The maximum Gasteiger partial charge on any atom is 0.248 e. The summed E-state index contributed by atoms with van der Waals surface area (Å²) in [5.74, 6) is -0.897. The first-order valence-corrected chi connectivity index (χ1v) is 6.55. The Labute approximate surface area is 112 Å². The van der Waals surface area contributed by atoms with E-state index in [1.54, 1.807) is 0 Å². The zero-order chi connectivity index (χ0) is 13.8. The number of hydrogen-bond acceptors (Lipinski definition) is 3. The molecular formula is C14H19FN2O2. The number of primary amides is 1. The number of nitrogens with zero attached hydrogens (tertiary/aromatic N) is 1. The number of rotatable bonds is 6. The molecule has 2 rings (SSSR count). The number of nitrogens with two attached hydrogens (primary N) is 1. The van der Waals surface area contributed by atoms with Crippen LogP contribution in [0.3, 0.4) is 0 Å². The zero-order valence-corrected chi connectivity index (χ0v) is 10.8. The van der Waals surface area contributed by atoms with Crippen LogP contribution in [0.4, 0.5) is 4.39 Å². The predicted octanol–water partition coefficient (Wildman–Crippen LogP) is 1.27. The first-order valence-electron chi connectivity index (χ1n) is 6.55. The van der Waals surface area contributed by atoms with Crippen LogP contribution >= 0.6 is 0 Å². The predicted molar refractivity (Wildman–Crippen MR) is 70.1 cm³/mol. The van der Waals surface area contributed by atoms with E-state index in [4.69, 9.17) is 10.8 Å². The molecule has 104 valence electrons. The van der Waals surface area contributed by atoms with Crippen molar-refractivity contribution in [1.82, 2.24) is 4.90 Å². The summed E-state index contributed by atoms with van der Waals surface area (Å²) in [6.07, 6.45) is 3.34. The molecule has 0 radical (unpaired) electrons. The third kappa shape index (κ3) is 3.30. The van der Waals surface area contributed by atoms with Gasteiger partial charge in [0, 0.05) is 30.3 Å². The Balaban J connectivity index is 2.15. The fraction of sp³-hybridized carbons (Fsp3) is 0.500. The summed E-state index contributed by atoms with van der Waals surface area (Å²) < 4.78 is 13.8. The lowest BCUT2D eigenvalue weighted by molar-refractivity contribution is 0.0932. The first kappa shape index (κ1) is 14.0. The minimum atomic E-state index is -0.557. The number of amides is 1. The summed E-state index contributed by atoms with van der Waals surface area (Å²) in [6, 6.07) is 4.57. The van der Waals surface area contributed by atoms with Crippen molar-refractivity contribution in [3.8, 4) is 0 Å². The van der Waals surface area contributed by atoms with E-state index in [-0.39, 0.29) is 12.4 Å². The van der Waals surface area contributed by atoms with E-state index in [0.29, 0.717) is 30.3 Å². The molecule has 0 bridgehead atoms. The smallest absolute Gasteiger partial charge is 0.248 e. The van der Waals surface area contributed by atoms with E-state index in [1.807, 2.05) is 0 Å². The Morgan fingerprint density at radius 2 is 2.21 bits per heavy atom. The molecule has 0 unspecified atom stereocenters. The first-order chi connectivity index (χ1) is 9.11. The van der Waals surface area contributed by atoms with Crippen molar-refractivity contribution in [2.45, 2.75) is 31.8 Å². The minimum absolute atomic E-state index is 0.0492. The summed E-state index contributed by atoms with van der Waals surface area (Å²) in [6.45, 7) is 0.969. The van der Waals surface area contributed by atoms with Crippen LogP contribution in [0.25, 0.3) is 0 Å². The molecule has 19 heavy (non-hydrogen) atoms. The Morgan fingerprint density at radius 1 is 1.47 bits per heavy atom. The van der Waals surface area contributed by atoms with E-state index in [0.717, 1.165) is 12.8 Å². The lowest BCUT2D eigenvalue weighted by Gasteiger charge is -2.37. The second-order valence-electron chi connectivity index (χ2n) is 4.95. The molecule has 1 aromatic rings. The van der Waals surface area contributed by atoms with Crippen molar-refractivity contribution in [3.63, 3.8) is 0 Å². The van der Waals surface area contributed by atoms with Gasteiger partial charge in [-0.1, -0.05) is 6.42 Å². The van der Waals surface area contributed by atoms with Crippen LogP contribution in [0.15, 0.2) is 18.2 Å². The number of hydrogen-bond donors (Lipinski definition) is 2. The summed E-state index contributed by atoms with van der Waals surface area (Å²) in [4.78, 5) is 13.2. The molecule has 1 aliphatic carbocycles. The molecule has 0 atom stereocenters. The molecule has 1 aliphatic rings. The number of halogens is 1. The Hall–Kier alpha value is -1.46. The van der Waals surface area contributed by atoms with Gasteiger partial charge >= 0.3 is 0 Å². The standard InChI is InChI=1S/C14H19FN2O2/c15-13-5-4-10(14(16)19)8-11(13)9-17(6-7-18)12-2-1-3-12/h4-5,8,12,18H,1-3,6-7,9H2,(H2,16,19). The molecular weight excluding hydrogens is 247 g/mol. The topological polar surface area (TPSA) is 66.6 Å². The summed E-state index contributed by atoms with van der Waals surface area (Å²) in [5, 5.41) is 9.09. The number of aliphatic hydroxyl groups excluding tert-OH is 1. The number of carbonyl (C=O) groups is 1. The highest BCUT2D eigenvalue weighted by atomic mass is 19.1. The van der Waals surface area contributed by atoms with E-state index >= 15 is 0 Å². The maximum atomic E-state index is 13.8. The van der Waals surface area contributed by atoms with Gasteiger partial charge in [0.05, 0.1) is 6.61 Å². The fourth-order valence-corrected chi connectivity index (χ4v) is 2.34.